The van der Waals surface area contributed by atoms with Gasteiger partial charge >= 0.3 is 5.97 Å². The lowest BCUT2D eigenvalue weighted by Gasteiger charge is -1.80. The number of hydrogen-bond acceptors (Lipinski definition) is 2. The molecule has 0 saturated heterocycles. The zero-order chi connectivity index (χ0) is 5.86. The molecule has 0 aromatic carbocycles. The van der Waals surface area contributed by atoms with E-state index in [9.17, 15) is 9.59 Å². The lowest BCUT2D eigenvalue weighted by molar-refractivity contribution is -0.148. The van der Waals surface area contributed by atoms with E-state index in [-0.39, 0.29) is 6.42 Å². The molecule has 0 rings (SSSR count). The van der Waals surface area contributed by atoms with Crippen molar-refractivity contribution in [3.05, 3.63) is 0 Å². The summed E-state index contributed by atoms with van der Waals surface area (Å²) in [6, 6.07) is 0. The van der Waals surface area contributed by atoms with Gasteiger partial charge in [0.05, 0.1) is 0 Å². The number of hydrogen-bond donors (Lipinski definition) is 1. The van der Waals surface area contributed by atoms with E-state index in [1.807, 2.05) is 0 Å². The molecule has 0 atom stereocenters. The fourth-order valence-electron chi connectivity index (χ4n) is 0.151. The Morgan fingerprint density at radius 2 is 2.00 bits per heavy atom. The van der Waals surface area contributed by atoms with Crippen LogP contribution in [-0.2, 0) is 9.59 Å². The van der Waals surface area contributed by atoms with Gasteiger partial charge in [-0.3, -0.25) is 4.79 Å². The minimum atomic E-state index is -1.34. The molecule has 0 aliphatic rings. The van der Waals surface area contributed by atoms with Crippen molar-refractivity contribution < 1.29 is 14.7 Å². The van der Waals surface area contributed by atoms with E-state index in [0.717, 1.165) is 0 Å². The molecule has 0 fully saturated rings. The monoisotopic (exact) mass is 104 g/mol. The van der Waals surface area contributed by atoms with Gasteiger partial charge in [-0.15, -0.1) is 0 Å². The van der Waals surface area contributed by atoms with Crippen molar-refractivity contribution in [3.8, 4) is 0 Å². The smallest absolute Gasteiger partial charge is 0.372 e. The summed E-state index contributed by atoms with van der Waals surface area (Å²) >= 11 is 0. The van der Waals surface area contributed by atoms with Crippen LogP contribution in [-0.4, -0.2) is 16.9 Å². The van der Waals surface area contributed by atoms with E-state index in [2.05, 4.69) is 0 Å². The van der Waals surface area contributed by atoms with E-state index in [0.29, 0.717) is 0 Å². The van der Waals surface area contributed by atoms with E-state index in [1.165, 1.54) is 6.92 Å². The van der Waals surface area contributed by atoms with Crippen LogP contribution in [0.1, 0.15) is 13.3 Å². The van der Waals surface area contributed by atoms with Crippen molar-refractivity contribution in [3.63, 3.8) is 0 Å². The molecule has 3 nitrogen and oxygen atoms in total. The summed E-state index contributed by atoms with van der Waals surface area (Å²) in [6.45, 7) is 1.51. The molecular weight excluding hydrogens is 98.0 g/mol. The molecule has 40 valence electrons. The Bertz CT molecular complexity index is 95.1. The van der Waals surface area contributed by atoms with Gasteiger partial charge in [-0.05, 0) is 0 Å². The first-order chi connectivity index (χ1) is 3.18. The molecule has 0 amide bonds. The van der Waals surface area contributed by atoms with Crippen LogP contribution in [0.4, 0.5) is 0 Å². The van der Waals surface area contributed by atoms with Crippen LogP contribution >= 0.6 is 0 Å². The third kappa shape index (κ3) is 1.92. The van der Waals surface area contributed by atoms with Gasteiger partial charge in [0.15, 0.2) is 0 Å². The van der Waals surface area contributed by atoms with Gasteiger partial charge in [0.1, 0.15) is 0 Å². The number of rotatable bonds is 2. The van der Waals surface area contributed by atoms with Crippen LogP contribution in [0, 0.1) is 0 Å². The molecule has 0 aliphatic heterocycles. The van der Waals surface area contributed by atoms with Gasteiger partial charge in [-0.1, -0.05) is 6.92 Å². The quantitative estimate of drug-likeness (QED) is 0.503. The highest BCUT2D eigenvalue weighted by molar-refractivity contribution is 6.32. The fraction of sp³-hybridized carbons (Fsp3) is 0.500. The van der Waals surface area contributed by atoms with Crippen LogP contribution in [0.15, 0.2) is 0 Å². The molecule has 0 spiro atoms. The highest BCUT2D eigenvalue weighted by Crippen LogP contribution is 1.76. The van der Waals surface area contributed by atoms with Crippen LogP contribution in [0.25, 0.3) is 0 Å². The van der Waals surface area contributed by atoms with E-state index >= 15 is 0 Å². The minimum Gasteiger partial charge on any atom is -0.476 e. The highest BCUT2D eigenvalue weighted by Gasteiger charge is 2.05. The summed E-state index contributed by atoms with van der Waals surface area (Å²) in [6.07, 6.45) is 0.0787. The summed E-state index contributed by atoms with van der Waals surface area (Å²) in [5.41, 5.74) is 0. The third-order valence-corrected chi connectivity index (χ3v) is 0.560. The summed E-state index contributed by atoms with van der Waals surface area (Å²) < 4.78 is 0. The largest absolute Gasteiger partial charge is 0.476 e. The normalized spacial score (nSPS) is 8.14. The summed E-state index contributed by atoms with van der Waals surface area (Å²) in [5, 5.41) is 7.83. The Kier molecular flexibility index (Phi) is 2.05. The maximum atomic E-state index is 9.91. The zero-order valence-electron chi connectivity index (χ0n) is 3.97. The lowest BCUT2D eigenvalue weighted by Crippen LogP contribution is -2.09. The zero-order valence-corrected chi connectivity index (χ0v) is 3.97. The van der Waals surface area contributed by atoms with Gasteiger partial charge < -0.3 is 5.11 Å². The molecule has 0 unspecified atom stereocenters. The molecule has 0 aromatic heterocycles. The number of Topliss-reactive ketones (excluding diaryl/α,β-unsaturated/α-hetero) is 1. The second kappa shape index (κ2) is 2.34. The van der Waals surface area contributed by atoms with Crippen molar-refractivity contribution in [2.24, 2.45) is 0 Å². The maximum Gasteiger partial charge on any atom is 0.372 e. The number of ketones is 1. The second-order valence-corrected chi connectivity index (χ2v) is 1.08. The molecule has 3 heteroatoms. The first-order valence-electron chi connectivity index (χ1n) is 1.94. The Morgan fingerprint density at radius 3 is 2.00 bits per heavy atom. The van der Waals surface area contributed by atoms with Gasteiger partial charge in [0, 0.05) is 6.42 Å². The average molecular weight is 104 g/mol. The van der Waals surface area contributed by atoms with Gasteiger partial charge in [-0.2, -0.15) is 0 Å². The Balaban J connectivity index is 3.58. The van der Waals surface area contributed by atoms with Crippen molar-refractivity contribution in [1.82, 2.24) is 0 Å². The molecule has 0 radical (unpaired) electrons. The van der Waals surface area contributed by atoms with Gasteiger partial charge in [-0.25, -0.2) is 4.79 Å². The van der Waals surface area contributed by atoms with Crippen LogP contribution in [0.5, 0.6) is 0 Å². The molecule has 0 saturated carbocycles. The Hall–Kier alpha value is -0.860. The van der Waals surface area contributed by atoms with Crippen LogP contribution < -0.4 is 0 Å². The Labute approximate surface area is 41.0 Å². The highest BCUT2D eigenvalue weighted by atomic mass is 16.4. The topological polar surface area (TPSA) is 54.4 Å². The van der Waals surface area contributed by atoms with Crippen LogP contribution in [0.2, 0.25) is 0 Å². The predicted octanol–water partition coefficient (Wildman–Crippen LogP) is 0.0501. The van der Waals surface area contributed by atoms with Crippen molar-refractivity contribution >= 4 is 11.8 Å². The Morgan fingerprint density at radius 1 is 1.57 bits per heavy atom. The number of carbonyl (C=O) groups is 2. The number of carboxylic acids is 1. The number of aliphatic carboxylic acids is 1. The van der Waals surface area contributed by atoms with E-state index < -0.39 is 11.8 Å². The fourth-order valence-corrected chi connectivity index (χ4v) is 0.151. The first kappa shape index (κ1) is 6.14. The molecule has 0 heterocycles. The molecule has 0 aliphatic carbocycles. The SMILES string of the molecule is [14CH3]CC(=O)C(=O)O. The average Bonchev–Trinajstić information content (AvgIpc) is 1.65. The first-order valence-corrected chi connectivity index (χ1v) is 1.94. The molecule has 0 aromatic rings. The minimum absolute atomic E-state index is 0.0787. The predicted molar refractivity (Wildman–Crippen MR) is 22.9 cm³/mol. The number of carbonyl (C=O) groups excluding carboxylic acids is 1. The number of carboxylic acid groups (broad SMARTS) is 1. The molecule has 7 heavy (non-hydrogen) atoms. The van der Waals surface area contributed by atoms with Crippen molar-refractivity contribution in [2.45, 2.75) is 13.3 Å². The lowest BCUT2D eigenvalue weighted by atomic mass is 10.4. The second-order valence-electron chi connectivity index (χ2n) is 1.08. The maximum absolute atomic E-state index is 9.91. The van der Waals surface area contributed by atoms with Crippen molar-refractivity contribution in [2.75, 3.05) is 0 Å². The third-order valence-electron chi connectivity index (χ3n) is 0.560. The summed E-state index contributed by atoms with van der Waals surface area (Å²) in [5.74, 6) is -2.08. The van der Waals surface area contributed by atoms with Crippen LogP contribution in [0.3, 0.4) is 0 Å². The molecular formula is C4H6O3. The van der Waals surface area contributed by atoms with Gasteiger partial charge in [0.2, 0.25) is 5.78 Å². The summed E-state index contributed by atoms with van der Waals surface area (Å²) in [4.78, 5) is 19.5. The van der Waals surface area contributed by atoms with E-state index in [4.69, 9.17) is 5.11 Å². The standard InChI is InChI=1S/C4H6O3/c1-2-3(5)4(6)7/h2H2,1H3,(H,6,7)/i1+2. The summed E-state index contributed by atoms with van der Waals surface area (Å²) in [7, 11) is 0. The molecule has 1 N–H and O–H groups in total. The van der Waals surface area contributed by atoms with Gasteiger partial charge in [0.25, 0.3) is 0 Å². The molecule has 0 bridgehead atoms. The van der Waals surface area contributed by atoms with E-state index in [1.54, 1.807) is 0 Å². The van der Waals surface area contributed by atoms with Crippen molar-refractivity contribution in [1.29, 1.82) is 0 Å².